The van der Waals surface area contributed by atoms with Crippen LogP contribution in [-0.4, -0.2) is 63.4 Å². The van der Waals surface area contributed by atoms with Crippen molar-refractivity contribution in [1.29, 1.82) is 0 Å². The van der Waals surface area contributed by atoms with Crippen molar-refractivity contribution >= 4 is 11.8 Å². The van der Waals surface area contributed by atoms with Gasteiger partial charge in [0.15, 0.2) is 24.6 Å². The first-order valence-corrected chi connectivity index (χ1v) is 7.87. The first kappa shape index (κ1) is 18.4. The summed E-state index contributed by atoms with van der Waals surface area (Å²) in [6, 6.07) is 0. The zero-order valence-electron chi connectivity index (χ0n) is 13.9. The zero-order valence-corrected chi connectivity index (χ0v) is 13.9. The summed E-state index contributed by atoms with van der Waals surface area (Å²) in [4.78, 5) is 10.8. The number of nitrogens with two attached hydrogens (primary N) is 1. The lowest BCUT2D eigenvalue weighted by Gasteiger charge is -2.28. The predicted octanol–water partition coefficient (Wildman–Crippen LogP) is -0.0724. The van der Waals surface area contributed by atoms with Gasteiger partial charge in [0.2, 0.25) is 0 Å². The Labute approximate surface area is 147 Å². The Kier molecular flexibility index (Phi) is 4.98. The number of azide groups is 1. The quantitative estimate of drug-likeness (QED) is 0.307. The van der Waals surface area contributed by atoms with E-state index < -0.39 is 43.5 Å². The number of fused-ring (bicyclic) bond motifs is 1. The second-order valence-electron chi connectivity index (χ2n) is 5.84. The van der Waals surface area contributed by atoms with Crippen LogP contribution in [0.4, 0.5) is 10.2 Å². The highest BCUT2D eigenvalue weighted by Gasteiger charge is 2.56. The zero-order chi connectivity index (χ0) is 18.9. The van der Waals surface area contributed by atoms with Gasteiger partial charge in [0, 0.05) is 11.5 Å². The summed E-state index contributed by atoms with van der Waals surface area (Å²) in [5.41, 5.74) is 12.8. The second-order valence-corrected chi connectivity index (χ2v) is 5.84. The molecule has 1 unspecified atom stereocenters. The third kappa shape index (κ3) is 2.85. The SMILES string of the molecule is CCOC1N=C(N)Nc2c1ncn2[C@@H]1O[C@@](CO)(CN=[N+]=[N-])[C@@H](O)[C@H]1F. The maximum Gasteiger partial charge on any atom is 0.198 e. The molecule has 13 heteroatoms. The maximum atomic E-state index is 14.8. The summed E-state index contributed by atoms with van der Waals surface area (Å²) in [5.74, 6) is 0.350. The molecule has 1 fully saturated rings. The van der Waals surface area contributed by atoms with Gasteiger partial charge in [0.25, 0.3) is 0 Å². The normalized spacial score (nSPS) is 33.2. The van der Waals surface area contributed by atoms with Crippen LogP contribution in [0.15, 0.2) is 16.4 Å². The van der Waals surface area contributed by atoms with E-state index in [4.69, 9.17) is 20.7 Å². The highest BCUT2D eigenvalue weighted by molar-refractivity contribution is 5.93. The largest absolute Gasteiger partial charge is 0.393 e. The minimum absolute atomic E-state index is 0.0501. The van der Waals surface area contributed by atoms with E-state index in [0.29, 0.717) is 18.1 Å². The average Bonchev–Trinajstić information content (AvgIpc) is 3.14. The summed E-state index contributed by atoms with van der Waals surface area (Å²) in [7, 11) is 0. The molecule has 1 saturated heterocycles. The smallest absolute Gasteiger partial charge is 0.198 e. The Bertz CT molecular complexity index is 751. The number of hydrogen-bond donors (Lipinski definition) is 4. The lowest BCUT2D eigenvalue weighted by Crippen LogP contribution is -2.48. The number of anilines is 1. The van der Waals surface area contributed by atoms with Crippen LogP contribution in [0.3, 0.4) is 0 Å². The van der Waals surface area contributed by atoms with E-state index in [9.17, 15) is 14.6 Å². The number of hydrogen-bond acceptors (Lipinski definition) is 9. The van der Waals surface area contributed by atoms with Crippen LogP contribution in [0.5, 0.6) is 0 Å². The lowest BCUT2D eigenvalue weighted by atomic mass is 9.97. The highest BCUT2D eigenvalue weighted by Crippen LogP contribution is 2.42. The van der Waals surface area contributed by atoms with E-state index in [1.165, 1.54) is 10.9 Å². The van der Waals surface area contributed by atoms with Gasteiger partial charge in [-0.2, -0.15) is 0 Å². The molecule has 2 aliphatic rings. The van der Waals surface area contributed by atoms with Crippen LogP contribution < -0.4 is 11.1 Å². The molecular formula is C13H19FN8O4. The number of nitrogens with one attached hydrogen (secondary N) is 1. The minimum atomic E-state index is -1.92. The number of ether oxygens (including phenoxy) is 2. The number of halogens is 1. The molecule has 1 aromatic heterocycles. The van der Waals surface area contributed by atoms with Crippen molar-refractivity contribution in [2.24, 2.45) is 15.8 Å². The molecule has 5 atom stereocenters. The summed E-state index contributed by atoms with van der Waals surface area (Å²) in [6.07, 6.45) is -4.42. The molecule has 3 rings (SSSR count). The van der Waals surface area contributed by atoms with Gasteiger partial charge in [0.05, 0.1) is 19.5 Å². The first-order chi connectivity index (χ1) is 12.5. The van der Waals surface area contributed by atoms with E-state index in [0.717, 1.165) is 0 Å². The summed E-state index contributed by atoms with van der Waals surface area (Å²) in [6.45, 7) is 0.967. The third-order valence-corrected chi connectivity index (χ3v) is 4.30. The Morgan fingerprint density at radius 2 is 2.42 bits per heavy atom. The van der Waals surface area contributed by atoms with Gasteiger partial charge >= 0.3 is 0 Å². The number of aliphatic hydroxyl groups excluding tert-OH is 2. The van der Waals surface area contributed by atoms with E-state index >= 15 is 0 Å². The molecule has 12 nitrogen and oxygen atoms in total. The Morgan fingerprint density at radius 1 is 1.65 bits per heavy atom. The van der Waals surface area contributed by atoms with Crippen molar-refractivity contribution in [2.75, 3.05) is 25.1 Å². The van der Waals surface area contributed by atoms with Gasteiger partial charge in [-0.25, -0.2) is 14.4 Å². The molecule has 5 N–H and O–H groups in total. The van der Waals surface area contributed by atoms with Crippen LogP contribution in [0.1, 0.15) is 25.1 Å². The number of aromatic nitrogens is 2. The van der Waals surface area contributed by atoms with Crippen LogP contribution >= 0.6 is 0 Å². The van der Waals surface area contributed by atoms with Gasteiger partial charge in [-0.3, -0.25) is 4.57 Å². The molecule has 0 radical (unpaired) electrons. The first-order valence-electron chi connectivity index (χ1n) is 7.87. The fraction of sp³-hybridized carbons (Fsp3) is 0.692. The Morgan fingerprint density at radius 3 is 3.08 bits per heavy atom. The Hall–Kier alpha value is -2.44. The highest BCUT2D eigenvalue weighted by atomic mass is 19.1. The molecule has 0 amide bonds. The number of alkyl halides is 1. The molecule has 0 aromatic carbocycles. The fourth-order valence-corrected chi connectivity index (χ4v) is 2.99. The van der Waals surface area contributed by atoms with Gasteiger partial charge in [-0.05, 0) is 12.5 Å². The monoisotopic (exact) mass is 370 g/mol. The summed E-state index contributed by atoms with van der Waals surface area (Å²) < 4.78 is 27.1. The minimum Gasteiger partial charge on any atom is -0.393 e. The van der Waals surface area contributed by atoms with E-state index in [2.05, 4.69) is 25.3 Å². The molecule has 0 spiro atoms. The number of aliphatic hydroxyl groups is 2. The number of rotatable bonds is 6. The third-order valence-electron chi connectivity index (χ3n) is 4.30. The van der Waals surface area contributed by atoms with Crippen LogP contribution in [0, 0.1) is 0 Å². The Balaban J connectivity index is 1.95. The molecule has 2 aliphatic heterocycles. The van der Waals surface area contributed by atoms with Gasteiger partial charge in [-0.15, -0.1) is 0 Å². The van der Waals surface area contributed by atoms with Gasteiger partial charge < -0.3 is 30.7 Å². The number of guanidine groups is 1. The topological polar surface area (TPSA) is 176 Å². The van der Waals surface area contributed by atoms with Crippen molar-refractivity contribution in [2.45, 2.75) is 37.3 Å². The molecule has 0 saturated carbocycles. The van der Waals surface area contributed by atoms with Crippen LogP contribution in [-0.2, 0) is 9.47 Å². The standard InChI is InChI=1S/C13H19FN8O4/c1-2-25-10-7-9(19-12(15)20-10)22(5-17-7)11-6(14)8(24)13(4-23,26-11)3-18-21-16/h5-6,8,10-11,23-24H,2-4H2,1H3,(H3,15,19,20)/t6-,8+,10?,11-,13-/m1/s1. The molecule has 1 aromatic rings. The average molecular weight is 370 g/mol. The van der Waals surface area contributed by atoms with Gasteiger partial charge in [0.1, 0.15) is 23.2 Å². The molecule has 3 heterocycles. The second kappa shape index (κ2) is 7.05. The molecular weight excluding hydrogens is 351 g/mol. The molecule has 26 heavy (non-hydrogen) atoms. The van der Waals surface area contributed by atoms with Crippen molar-refractivity contribution in [3.8, 4) is 0 Å². The van der Waals surface area contributed by atoms with Crippen molar-refractivity contribution < 1.29 is 24.1 Å². The number of imidazole rings is 1. The molecule has 142 valence electrons. The van der Waals surface area contributed by atoms with Crippen molar-refractivity contribution in [3.63, 3.8) is 0 Å². The maximum absolute atomic E-state index is 14.8. The van der Waals surface area contributed by atoms with Crippen molar-refractivity contribution in [1.82, 2.24) is 9.55 Å². The predicted molar refractivity (Wildman–Crippen MR) is 86.7 cm³/mol. The van der Waals surface area contributed by atoms with Crippen molar-refractivity contribution in [3.05, 3.63) is 22.5 Å². The van der Waals surface area contributed by atoms with E-state index in [1.54, 1.807) is 6.92 Å². The number of nitrogens with zero attached hydrogens (tertiary/aromatic N) is 6. The van der Waals surface area contributed by atoms with E-state index in [-0.39, 0.29) is 5.96 Å². The fourth-order valence-electron chi connectivity index (χ4n) is 2.99. The van der Waals surface area contributed by atoms with E-state index in [1.807, 2.05) is 0 Å². The van der Waals surface area contributed by atoms with Crippen LogP contribution in [0.25, 0.3) is 10.4 Å². The number of aliphatic imine (C=N–C) groups is 1. The molecule has 0 bridgehead atoms. The molecule has 0 aliphatic carbocycles. The van der Waals surface area contributed by atoms with Crippen LogP contribution in [0.2, 0.25) is 0 Å². The lowest BCUT2D eigenvalue weighted by molar-refractivity contribution is -0.121. The van der Waals surface area contributed by atoms with Gasteiger partial charge in [-0.1, -0.05) is 5.11 Å². The summed E-state index contributed by atoms with van der Waals surface area (Å²) in [5, 5.41) is 25.9. The summed E-state index contributed by atoms with van der Waals surface area (Å²) >= 11 is 0.